The number of carbonyl (C=O) groups excluding carboxylic acids is 1. The third-order valence-corrected chi connectivity index (χ3v) is 4.53. The molecule has 0 aliphatic heterocycles. The predicted molar refractivity (Wildman–Crippen MR) is 72.7 cm³/mol. The Morgan fingerprint density at radius 1 is 1.53 bits per heavy atom. The van der Waals surface area contributed by atoms with E-state index in [0.717, 1.165) is 23.8 Å². The number of carbonyl (C=O) groups is 1. The molecule has 0 aromatic carbocycles. The van der Waals surface area contributed by atoms with Crippen LogP contribution in [0.5, 0.6) is 0 Å². The average molecular weight is 284 g/mol. The summed E-state index contributed by atoms with van der Waals surface area (Å²) in [5.41, 5.74) is 5.14. The first kappa shape index (κ1) is 14.3. The van der Waals surface area contributed by atoms with Gasteiger partial charge in [-0.2, -0.15) is 0 Å². The van der Waals surface area contributed by atoms with Crippen LogP contribution in [0, 0.1) is 5.41 Å². The number of thioether (sulfide) groups is 1. The van der Waals surface area contributed by atoms with Crippen LogP contribution in [-0.2, 0) is 16.1 Å². The number of nitrogens with zero attached hydrogens (tertiary/aromatic N) is 3. The van der Waals surface area contributed by atoms with E-state index in [1.54, 1.807) is 0 Å². The SMILES string of the molecule is COC(=O)C(C)(C)CSc1nnc(CN)n1C1CC1. The number of methoxy groups -OCH3 is 1. The fourth-order valence-electron chi connectivity index (χ4n) is 1.82. The molecule has 0 saturated heterocycles. The summed E-state index contributed by atoms with van der Waals surface area (Å²) in [5, 5.41) is 9.14. The molecule has 1 aliphatic rings. The molecule has 0 amide bonds. The van der Waals surface area contributed by atoms with Crippen molar-refractivity contribution in [3.8, 4) is 0 Å². The molecular formula is C12H20N4O2S. The molecule has 0 radical (unpaired) electrons. The van der Waals surface area contributed by atoms with Gasteiger partial charge in [0.05, 0.1) is 19.1 Å². The quantitative estimate of drug-likeness (QED) is 0.627. The normalized spacial score (nSPS) is 15.6. The minimum absolute atomic E-state index is 0.212. The maximum atomic E-state index is 11.6. The zero-order chi connectivity index (χ0) is 14.0. The summed E-state index contributed by atoms with van der Waals surface area (Å²) in [6.45, 7) is 4.13. The Kier molecular flexibility index (Phi) is 4.15. The Morgan fingerprint density at radius 2 is 2.21 bits per heavy atom. The number of nitrogens with two attached hydrogens (primary N) is 1. The van der Waals surface area contributed by atoms with Gasteiger partial charge in [0.25, 0.3) is 0 Å². The minimum Gasteiger partial charge on any atom is -0.469 e. The first-order valence-corrected chi connectivity index (χ1v) is 7.33. The van der Waals surface area contributed by atoms with E-state index in [2.05, 4.69) is 14.8 Å². The van der Waals surface area contributed by atoms with Gasteiger partial charge in [0, 0.05) is 11.8 Å². The monoisotopic (exact) mass is 284 g/mol. The van der Waals surface area contributed by atoms with Crippen molar-refractivity contribution in [1.29, 1.82) is 0 Å². The van der Waals surface area contributed by atoms with Gasteiger partial charge in [0.15, 0.2) is 5.16 Å². The molecular weight excluding hydrogens is 264 g/mol. The average Bonchev–Trinajstić information content (AvgIpc) is 3.15. The molecule has 2 N–H and O–H groups in total. The second-order valence-corrected chi connectivity index (χ2v) is 6.31. The highest BCUT2D eigenvalue weighted by molar-refractivity contribution is 7.99. The first-order valence-electron chi connectivity index (χ1n) is 6.34. The predicted octanol–water partition coefficient (Wildman–Crippen LogP) is 1.36. The van der Waals surface area contributed by atoms with Crippen LogP contribution in [0.3, 0.4) is 0 Å². The van der Waals surface area contributed by atoms with Crippen LogP contribution in [0.25, 0.3) is 0 Å². The molecule has 19 heavy (non-hydrogen) atoms. The first-order chi connectivity index (χ1) is 8.99. The lowest BCUT2D eigenvalue weighted by Crippen LogP contribution is -2.28. The van der Waals surface area contributed by atoms with Crippen molar-refractivity contribution in [3.05, 3.63) is 5.82 Å². The van der Waals surface area contributed by atoms with Gasteiger partial charge in [-0.3, -0.25) is 4.79 Å². The van der Waals surface area contributed by atoms with Crippen molar-refractivity contribution in [2.45, 2.75) is 44.4 Å². The van der Waals surface area contributed by atoms with Gasteiger partial charge in [-0.25, -0.2) is 0 Å². The zero-order valence-electron chi connectivity index (χ0n) is 11.5. The molecule has 0 spiro atoms. The Balaban J connectivity index is 2.07. The van der Waals surface area contributed by atoms with Crippen molar-refractivity contribution >= 4 is 17.7 Å². The van der Waals surface area contributed by atoms with E-state index in [-0.39, 0.29) is 5.97 Å². The van der Waals surface area contributed by atoms with Crippen LogP contribution >= 0.6 is 11.8 Å². The molecule has 0 bridgehead atoms. The Hall–Kier alpha value is -1.08. The molecule has 2 rings (SSSR count). The molecule has 1 fully saturated rings. The lowest BCUT2D eigenvalue weighted by atomic mass is 9.97. The Bertz CT molecular complexity index is 468. The zero-order valence-corrected chi connectivity index (χ0v) is 12.4. The molecule has 7 heteroatoms. The van der Waals surface area contributed by atoms with Crippen molar-refractivity contribution in [3.63, 3.8) is 0 Å². The van der Waals surface area contributed by atoms with Gasteiger partial charge in [-0.15, -0.1) is 10.2 Å². The van der Waals surface area contributed by atoms with Gasteiger partial charge >= 0.3 is 5.97 Å². The van der Waals surface area contributed by atoms with Crippen molar-refractivity contribution in [1.82, 2.24) is 14.8 Å². The highest BCUT2D eigenvalue weighted by atomic mass is 32.2. The standard InChI is InChI=1S/C12H20N4O2S/c1-12(2,10(17)18-3)7-19-11-15-14-9(6-13)16(11)8-4-5-8/h8H,4-7,13H2,1-3H3. The molecule has 6 nitrogen and oxygen atoms in total. The molecule has 1 aliphatic carbocycles. The van der Waals surface area contributed by atoms with E-state index in [9.17, 15) is 4.79 Å². The maximum absolute atomic E-state index is 11.6. The molecule has 0 atom stereocenters. The largest absolute Gasteiger partial charge is 0.469 e. The number of rotatable bonds is 6. The lowest BCUT2D eigenvalue weighted by molar-refractivity contribution is -0.149. The number of aromatic nitrogens is 3. The summed E-state index contributed by atoms with van der Waals surface area (Å²) in [5.74, 6) is 1.21. The summed E-state index contributed by atoms with van der Waals surface area (Å²) >= 11 is 1.54. The van der Waals surface area contributed by atoms with Crippen LogP contribution in [-0.4, -0.2) is 33.6 Å². The molecule has 106 valence electrons. The molecule has 0 unspecified atom stereocenters. The maximum Gasteiger partial charge on any atom is 0.312 e. The molecule has 1 saturated carbocycles. The van der Waals surface area contributed by atoms with Crippen molar-refractivity contribution in [2.24, 2.45) is 11.1 Å². The second kappa shape index (κ2) is 5.50. The Morgan fingerprint density at radius 3 is 2.74 bits per heavy atom. The number of hydrogen-bond acceptors (Lipinski definition) is 6. The van der Waals surface area contributed by atoms with E-state index in [0.29, 0.717) is 18.3 Å². The second-order valence-electron chi connectivity index (χ2n) is 5.37. The van der Waals surface area contributed by atoms with Gasteiger partial charge in [-0.05, 0) is 26.7 Å². The minimum atomic E-state index is -0.539. The number of hydrogen-bond donors (Lipinski definition) is 1. The van der Waals surface area contributed by atoms with Crippen LogP contribution < -0.4 is 5.73 Å². The van der Waals surface area contributed by atoms with E-state index in [1.807, 2.05) is 13.8 Å². The Labute approximate surface area is 117 Å². The van der Waals surface area contributed by atoms with Crippen LogP contribution in [0.15, 0.2) is 5.16 Å². The van der Waals surface area contributed by atoms with Crippen molar-refractivity contribution in [2.75, 3.05) is 12.9 Å². The summed E-state index contributed by atoms with van der Waals surface area (Å²) in [6.07, 6.45) is 2.30. The van der Waals surface area contributed by atoms with Crippen LogP contribution in [0.4, 0.5) is 0 Å². The van der Waals surface area contributed by atoms with Gasteiger partial charge in [0.1, 0.15) is 5.82 Å². The van der Waals surface area contributed by atoms with Gasteiger partial charge < -0.3 is 15.0 Å². The smallest absolute Gasteiger partial charge is 0.312 e. The van der Waals surface area contributed by atoms with E-state index >= 15 is 0 Å². The van der Waals surface area contributed by atoms with Gasteiger partial charge in [-0.1, -0.05) is 11.8 Å². The highest BCUT2D eigenvalue weighted by Crippen LogP contribution is 2.39. The van der Waals surface area contributed by atoms with Crippen LogP contribution in [0.2, 0.25) is 0 Å². The molecule has 1 heterocycles. The van der Waals surface area contributed by atoms with E-state index in [1.165, 1.54) is 18.9 Å². The lowest BCUT2D eigenvalue weighted by Gasteiger charge is -2.20. The van der Waals surface area contributed by atoms with E-state index in [4.69, 9.17) is 10.5 Å². The van der Waals surface area contributed by atoms with E-state index < -0.39 is 5.41 Å². The summed E-state index contributed by atoms with van der Waals surface area (Å²) < 4.78 is 6.91. The summed E-state index contributed by atoms with van der Waals surface area (Å²) in [7, 11) is 1.41. The van der Waals surface area contributed by atoms with Crippen LogP contribution in [0.1, 0.15) is 38.6 Å². The third kappa shape index (κ3) is 3.09. The molecule has 1 aromatic heterocycles. The third-order valence-electron chi connectivity index (χ3n) is 3.13. The molecule has 1 aromatic rings. The fraction of sp³-hybridized carbons (Fsp3) is 0.750. The summed E-state index contributed by atoms with van der Waals surface area (Å²) in [6, 6.07) is 0.484. The highest BCUT2D eigenvalue weighted by Gasteiger charge is 2.32. The van der Waals surface area contributed by atoms with Gasteiger partial charge in [0.2, 0.25) is 0 Å². The number of esters is 1. The fourth-order valence-corrected chi connectivity index (χ4v) is 2.92. The number of ether oxygens (including phenoxy) is 1. The topological polar surface area (TPSA) is 83.0 Å². The summed E-state index contributed by atoms with van der Waals surface area (Å²) in [4.78, 5) is 11.6. The van der Waals surface area contributed by atoms with Crippen molar-refractivity contribution < 1.29 is 9.53 Å².